The number of carbonyl (C=O) groups is 2. The van der Waals surface area contributed by atoms with E-state index in [9.17, 15) is 9.59 Å². The van der Waals surface area contributed by atoms with Crippen LogP contribution in [0.25, 0.3) is 4.85 Å². The first-order chi connectivity index (χ1) is 19.6. The summed E-state index contributed by atoms with van der Waals surface area (Å²) in [6.07, 6.45) is -0.0961. The molecule has 2 rings (SSSR count). The fourth-order valence-electron chi connectivity index (χ4n) is 3.97. The average molecular weight is 644 g/mol. The Morgan fingerprint density at radius 2 is 1.49 bits per heavy atom. The summed E-state index contributed by atoms with van der Waals surface area (Å²) in [4.78, 5) is 30.1. The van der Waals surface area contributed by atoms with E-state index >= 15 is 0 Å². The molecule has 2 N–H and O–H groups in total. The highest BCUT2D eigenvalue weighted by atomic mass is 35.5. The Hall–Kier alpha value is -2.49. The number of hydrogen-bond donors (Lipinski definition) is 2. The zero-order valence-corrected chi connectivity index (χ0v) is 30.7. The van der Waals surface area contributed by atoms with Crippen LogP contribution in [0.15, 0.2) is 36.4 Å². The predicted molar refractivity (Wildman–Crippen MR) is 181 cm³/mol. The number of hydrogen-bond acceptors (Lipinski definition) is 4. The van der Waals surface area contributed by atoms with Gasteiger partial charge in [-0.1, -0.05) is 77.4 Å². The molecule has 7 nitrogen and oxygen atoms in total. The normalized spacial score (nSPS) is 14.0. The first-order valence-corrected chi connectivity index (χ1v) is 21.0. The van der Waals surface area contributed by atoms with Gasteiger partial charge in [-0.2, -0.15) is 0 Å². The minimum atomic E-state index is -2.21. The van der Waals surface area contributed by atoms with E-state index in [1.54, 1.807) is 18.2 Å². The molecule has 0 heterocycles. The average Bonchev–Trinajstić information content (AvgIpc) is 2.90. The van der Waals surface area contributed by atoms with Crippen LogP contribution in [-0.2, 0) is 26.7 Å². The second-order valence-electron chi connectivity index (χ2n) is 14.4. The second-order valence-corrected chi connectivity index (χ2v) is 24.3. The van der Waals surface area contributed by atoms with Crippen LogP contribution in [0.1, 0.15) is 75.5 Å². The van der Waals surface area contributed by atoms with E-state index in [1.165, 1.54) is 0 Å². The van der Waals surface area contributed by atoms with Crippen molar-refractivity contribution in [1.29, 1.82) is 0 Å². The molecule has 0 radical (unpaired) electrons. The smallest absolute Gasteiger partial charge is 0.269 e. The number of halogens is 1. The lowest BCUT2D eigenvalue weighted by molar-refractivity contribution is -0.128. The molecule has 0 unspecified atom stereocenters. The molecule has 0 aliphatic carbocycles. The molecule has 2 amide bonds. The van der Waals surface area contributed by atoms with Crippen LogP contribution >= 0.6 is 11.6 Å². The van der Waals surface area contributed by atoms with Gasteiger partial charge in [0.2, 0.25) is 11.6 Å². The Kier molecular flexibility index (Phi) is 12.0. The Morgan fingerprint density at radius 1 is 0.930 bits per heavy atom. The summed E-state index contributed by atoms with van der Waals surface area (Å²) in [5.41, 5.74) is 8.61. The summed E-state index contributed by atoms with van der Waals surface area (Å²) in [5.74, 6) is -1.39. The highest BCUT2D eigenvalue weighted by Crippen LogP contribution is 2.39. The molecule has 236 valence electrons. The Bertz CT molecular complexity index is 1340. The fourth-order valence-corrected chi connectivity index (χ4v) is 6.60. The van der Waals surface area contributed by atoms with Crippen molar-refractivity contribution in [3.05, 3.63) is 75.1 Å². The van der Waals surface area contributed by atoms with Gasteiger partial charge in [-0.3, -0.25) is 20.4 Å². The summed E-state index contributed by atoms with van der Waals surface area (Å²) >= 11 is 6.45. The monoisotopic (exact) mass is 643 g/mol. The zero-order chi connectivity index (χ0) is 33.0. The molecule has 43 heavy (non-hydrogen) atoms. The Morgan fingerprint density at radius 3 is 2.00 bits per heavy atom. The van der Waals surface area contributed by atoms with E-state index in [4.69, 9.17) is 27.0 Å². The highest BCUT2D eigenvalue weighted by molar-refractivity contribution is 6.74. The molecule has 0 saturated carbocycles. The zero-order valence-electron chi connectivity index (χ0n) is 28.0. The molecule has 0 aromatic heterocycles. The van der Waals surface area contributed by atoms with Crippen LogP contribution in [0.5, 0.6) is 0 Å². The molecule has 10 heteroatoms. The number of amides is 2. The van der Waals surface area contributed by atoms with Crippen LogP contribution in [0.4, 0.5) is 5.69 Å². The molecule has 0 spiro atoms. The van der Waals surface area contributed by atoms with Gasteiger partial charge in [0.1, 0.15) is 0 Å². The molecule has 0 fully saturated rings. The van der Waals surface area contributed by atoms with Gasteiger partial charge in [-0.25, -0.2) is 4.85 Å². The van der Waals surface area contributed by atoms with Gasteiger partial charge >= 0.3 is 0 Å². The van der Waals surface area contributed by atoms with Crippen LogP contribution in [0, 0.1) is 19.4 Å². The van der Waals surface area contributed by atoms with E-state index in [0.29, 0.717) is 29.3 Å². The van der Waals surface area contributed by atoms with E-state index in [-0.39, 0.29) is 16.0 Å². The number of carbonyl (C=O) groups excluding carboxylic acids is 2. The third kappa shape index (κ3) is 9.50. The van der Waals surface area contributed by atoms with Crippen LogP contribution in [0.3, 0.4) is 0 Å². The van der Waals surface area contributed by atoms with Crippen molar-refractivity contribution >= 4 is 45.7 Å². The molecule has 0 bridgehead atoms. The standard InChI is InChI=1S/C33H50ClN3O4Si2/c1-22-26(18-19-28(35-9)29(22)34)20-27(23(2)41-43(12,13)33(6,7)8)31(39)37-36-30(38)25-16-14-24(15-17-25)21-40-42(10,11)32(3,4)5/h14-19,23,27H,20-21H2,1-8,10-13H3,(H,36,38)(H,37,39)/t23-,27+/m0/s1. The minimum absolute atomic E-state index is 0.0467. The van der Waals surface area contributed by atoms with Gasteiger partial charge in [-0.05, 0) is 85.4 Å². The summed E-state index contributed by atoms with van der Waals surface area (Å²) < 4.78 is 12.9. The molecule has 2 aromatic carbocycles. The third-order valence-electron chi connectivity index (χ3n) is 9.15. The predicted octanol–water partition coefficient (Wildman–Crippen LogP) is 8.75. The van der Waals surface area contributed by atoms with E-state index in [1.807, 2.05) is 32.0 Å². The third-order valence-corrected chi connectivity index (χ3v) is 18.7. The lowest BCUT2D eigenvalue weighted by Gasteiger charge is -2.40. The largest absolute Gasteiger partial charge is 0.413 e. The Balaban J connectivity index is 2.19. The quantitative estimate of drug-likeness (QED) is 0.154. The van der Waals surface area contributed by atoms with E-state index in [2.05, 4.69) is 83.4 Å². The summed E-state index contributed by atoms with van der Waals surface area (Å²) in [6, 6.07) is 10.7. The van der Waals surface area contributed by atoms with E-state index in [0.717, 1.165) is 16.7 Å². The van der Waals surface area contributed by atoms with Crippen molar-refractivity contribution in [2.24, 2.45) is 5.92 Å². The molecule has 2 atom stereocenters. The summed E-state index contributed by atoms with van der Waals surface area (Å²) in [6.45, 7) is 33.4. The van der Waals surface area contributed by atoms with Crippen molar-refractivity contribution in [3.63, 3.8) is 0 Å². The minimum Gasteiger partial charge on any atom is -0.413 e. The molecular weight excluding hydrogens is 594 g/mol. The molecule has 0 aliphatic rings. The molecule has 0 aliphatic heterocycles. The number of rotatable bonds is 10. The van der Waals surface area contributed by atoms with Gasteiger partial charge in [-0.15, -0.1) is 0 Å². The van der Waals surface area contributed by atoms with Gasteiger partial charge in [0, 0.05) is 5.56 Å². The lowest BCUT2D eigenvalue weighted by Crippen LogP contribution is -2.51. The van der Waals surface area contributed by atoms with Crippen LogP contribution in [0.2, 0.25) is 41.3 Å². The maximum atomic E-state index is 13.6. The topological polar surface area (TPSA) is 81.0 Å². The highest BCUT2D eigenvalue weighted by Gasteiger charge is 2.41. The second kappa shape index (κ2) is 14.1. The maximum absolute atomic E-state index is 13.6. The van der Waals surface area contributed by atoms with E-state index < -0.39 is 34.6 Å². The van der Waals surface area contributed by atoms with Crippen molar-refractivity contribution in [1.82, 2.24) is 10.9 Å². The van der Waals surface area contributed by atoms with Crippen molar-refractivity contribution in [2.45, 2.75) is 111 Å². The van der Waals surface area contributed by atoms with Gasteiger partial charge in [0.05, 0.1) is 30.2 Å². The van der Waals surface area contributed by atoms with Gasteiger partial charge < -0.3 is 8.85 Å². The Labute approximate surface area is 266 Å². The van der Waals surface area contributed by atoms with Gasteiger partial charge in [0.15, 0.2) is 16.6 Å². The summed E-state index contributed by atoms with van der Waals surface area (Å²) in [7, 11) is -4.10. The summed E-state index contributed by atoms with van der Waals surface area (Å²) in [5, 5.41) is 0.452. The number of benzene rings is 2. The molecule has 2 aromatic rings. The first kappa shape index (κ1) is 36.7. The molecule has 0 saturated heterocycles. The van der Waals surface area contributed by atoms with Crippen molar-refractivity contribution in [2.75, 3.05) is 0 Å². The SMILES string of the molecule is [C-]#[N+]c1ccc(C[C@@H](C(=O)NNC(=O)c2ccc(CO[Si](C)(C)C(C)(C)C)cc2)[C@H](C)O[Si](C)(C)C(C)(C)C)c(C)c1Cl. The van der Waals surface area contributed by atoms with Crippen molar-refractivity contribution < 1.29 is 18.4 Å². The van der Waals surface area contributed by atoms with Crippen LogP contribution in [-0.4, -0.2) is 34.6 Å². The first-order valence-electron chi connectivity index (χ1n) is 14.8. The number of nitrogens with zero attached hydrogens (tertiary/aromatic N) is 1. The van der Waals surface area contributed by atoms with Crippen molar-refractivity contribution in [3.8, 4) is 0 Å². The maximum Gasteiger partial charge on any atom is 0.269 e. The fraction of sp³-hybridized carbons (Fsp3) is 0.545. The number of nitrogens with one attached hydrogen (secondary N) is 2. The lowest BCUT2D eigenvalue weighted by atomic mass is 9.91. The number of hydrazine groups is 1. The molecular formula is C33H50ClN3O4Si2. The van der Waals surface area contributed by atoms with Gasteiger partial charge in [0.25, 0.3) is 5.91 Å². The van der Waals surface area contributed by atoms with Crippen LogP contribution < -0.4 is 10.9 Å².